The second kappa shape index (κ2) is 9.29. The number of hydrogen-bond donors (Lipinski definition) is 3. The molecule has 1 aromatic carbocycles. The Morgan fingerprint density at radius 1 is 1.13 bits per heavy atom. The van der Waals surface area contributed by atoms with Gasteiger partial charge in [-0.25, -0.2) is 4.79 Å². The normalized spacial score (nSPS) is 10.9. The number of phenolic OH excluding ortho intramolecular Hbond substituents is 1. The van der Waals surface area contributed by atoms with Crippen molar-refractivity contribution in [1.29, 1.82) is 0 Å². The molecule has 128 valence electrons. The summed E-state index contributed by atoms with van der Waals surface area (Å²) in [5.74, 6) is 1.12. The Bertz CT molecular complexity index is 529. The molecule has 3 N–H and O–H groups in total. The van der Waals surface area contributed by atoms with Gasteiger partial charge in [0.1, 0.15) is 11.4 Å². The molecule has 0 saturated heterocycles. The summed E-state index contributed by atoms with van der Waals surface area (Å²) in [5.41, 5.74) is -0.228. The number of para-hydroxylation sites is 1. The molecule has 0 spiro atoms. The minimum absolute atomic E-state index is 0.0285. The number of benzene rings is 1. The van der Waals surface area contributed by atoms with Crippen molar-refractivity contribution < 1.29 is 19.4 Å². The van der Waals surface area contributed by atoms with Gasteiger partial charge < -0.3 is 20.5 Å². The molecule has 0 unspecified atom stereocenters. The summed E-state index contributed by atoms with van der Waals surface area (Å²) in [7, 11) is 0. The topological polar surface area (TPSA) is 87.7 Å². The van der Waals surface area contributed by atoms with E-state index in [2.05, 4.69) is 10.6 Å². The third kappa shape index (κ3) is 8.35. The zero-order valence-corrected chi connectivity index (χ0v) is 14.5. The lowest BCUT2D eigenvalue weighted by atomic mass is 10.2. The number of carbonyl (C=O) groups is 2. The molecule has 0 fully saturated rings. The summed E-state index contributed by atoms with van der Waals surface area (Å²) < 4.78 is 5.12. The van der Waals surface area contributed by atoms with Crippen molar-refractivity contribution in [2.45, 2.75) is 26.4 Å². The average molecular weight is 340 g/mol. The van der Waals surface area contributed by atoms with Gasteiger partial charge in [0.15, 0.2) is 0 Å². The summed E-state index contributed by atoms with van der Waals surface area (Å²) in [6.07, 6.45) is -0.425. The molecule has 0 atom stereocenters. The number of phenols is 1. The first-order valence-electron chi connectivity index (χ1n) is 7.40. The van der Waals surface area contributed by atoms with Gasteiger partial charge in [0.2, 0.25) is 0 Å². The zero-order chi connectivity index (χ0) is 17.3. The van der Waals surface area contributed by atoms with E-state index in [0.29, 0.717) is 13.1 Å². The molecule has 0 heterocycles. The van der Waals surface area contributed by atoms with Crippen molar-refractivity contribution in [3.8, 4) is 5.75 Å². The van der Waals surface area contributed by atoms with Gasteiger partial charge >= 0.3 is 6.09 Å². The lowest BCUT2D eigenvalue weighted by Crippen LogP contribution is -2.33. The van der Waals surface area contributed by atoms with Crippen LogP contribution in [-0.4, -0.2) is 47.3 Å². The quantitative estimate of drug-likeness (QED) is 0.663. The highest BCUT2D eigenvalue weighted by Gasteiger charge is 2.15. The van der Waals surface area contributed by atoms with Gasteiger partial charge in [0, 0.05) is 24.6 Å². The number of amides is 2. The molecule has 0 saturated carbocycles. The molecule has 7 heteroatoms. The van der Waals surface area contributed by atoms with Crippen molar-refractivity contribution in [2.24, 2.45) is 0 Å². The van der Waals surface area contributed by atoms with Gasteiger partial charge in [-0.3, -0.25) is 4.79 Å². The van der Waals surface area contributed by atoms with Gasteiger partial charge in [-0.05, 0) is 32.9 Å². The fraction of sp³-hybridized carbons (Fsp3) is 0.500. The van der Waals surface area contributed by atoms with Crippen LogP contribution in [0.15, 0.2) is 24.3 Å². The van der Waals surface area contributed by atoms with E-state index in [1.807, 2.05) is 20.8 Å². The van der Waals surface area contributed by atoms with Crippen molar-refractivity contribution >= 4 is 23.8 Å². The second-order valence-corrected chi connectivity index (χ2v) is 7.04. The monoisotopic (exact) mass is 340 g/mol. The molecule has 23 heavy (non-hydrogen) atoms. The third-order valence-electron chi connectivity index (χ3n) is 2.60. The van der Waals surface area contributed by atoms with Crippen LogP contribution in [0.1, 0.15) is 31.1 Å². The SMILES string of the molecule is CC(C)(C)OC(=O)NCCSCCNC(=O)c1ccccc1O. The highest BCUT2D eigenvalue weighted by Crippen LogP contribution is 2.14. The fourth-order valence-electron chi connectivity index (χ4n) is 1.64. The van der Waals surface area contributed by atoms with Gasteiger partial charge in [-0.1, -0.05) is 12.1 Å². The molecule has 6 nitrogen and oxygen atoms in total. The number of aromatic hydroxyl groups is 1. The molecule has 0 aromatic heterocycles. The van der Waals surface area contributed by atoms with Crippen LogP contribution in [0.4, 0.5) is 4.79 Å². The van der Waals surface area contributed by atoms with E-state index in [1.54, 1.807) is 30.0 Å². The van der Waals surface area contributed by atoms with E-state index >= 15 is 0 Å². The lowest BCUT2D eigenvalue weighted by molar-refractivity contribution is 0.0531. The smallest absolute Gasteiger partial charge is 0.407 e. The molecule has 2 amide bonds. The third-order valence-corrected chi connectivity index (χ3v) is 3.58. The zero-order valence-electron chi connectivity index (χ0n) is 13.7. The van der Waals surface area contributed by atoms with Crippen LogP contribution in [-0.2, 0) is 4.74 Å². The first-order valence-corrected chi connectivity index (χ1v) is 8.56. The number of ether oxygens (including phenoxy) is 1. The van der Waals surface area contributed by atoms with Crippen molar-refractivity contribution in [1.82, 2.24) is 10.6 Å². The molecule has 1 aromatic rings. The number of alkyl carbamates (subject to hydrolysis) is 1. The van der Waals surface area contributed by atoms with Crippen LogP contribution in [0.5, 0.6) is 5.75 Å². The summed E-state index contributed by atoms with van der Waals surface area (Å²) >= 11 is 1.61. The van der Waals surface area contributed by atoms with Gasteiger partial charge in [0.05, 0.1) is 5.56 Å². The molecule has 0 aliphatic heterocycles. The summed E-state index contributed by atoms with van der Waals surface area (Å²) in [4.78, 5) is 23.2. The van der Waals surface area contributed by atoms with E-state index in [9.17, 15) is 14.7 Å². The van der Waals surface area contributed by atoms with Crippen LogP contribution in [0.25, 0.3) is 0 Å². The van der Waals surface area contributed by atoms with Crippen molar-refractivity contribution in [2.75, 3.05) is 24.6 Å². The van der Waals surface area contributed by atoms with Gasteiger partial charge in [-0.15, -0.1) is 0 Å². The maximum Gasteiger partial charge on any atom is 0.407 e. The van der Waals surface area contributed by atoms with E-state index in [1.165, 1.54) is 6.07 Å². The van der Waals surface area contributed by atoms with E-state index in [-0.39, 0.29) is 17.2 Å². The maximum atomic E-state index is 11.8. The number of rotatable bonds is 7. The highest BCUT2D eigenvalue weighted by atomic mass is 32.2. The minimum Gasteiger partial charge on any atom is -0.507 e. The van der Waals surface area contributed by atoms with Crippen LogP contribution in [0.2, 0.25) is 0 Å². The van der Waals surface area contributed by atoms with Crippen LogP contribution in [0.3, 0.4) is 0 Å². The van der Waals surface area contributed by atoms with Gasteiger partial charge in [-0.2, -0.15) is 11.8 Å². The van der Waals surface area contributed by atoms with E-state index in [0.717, 1.165) is 11.5 Å². The predicted octanol–water partition coefficient (Wildman–Crippen LogP) is 2.38. The molecule has 1 rings (SSSR count). The maximum absolute atomic E-state index is 11.8. The Hall–Kier alpha value is -1.89. The highest BCUT2D eigenvalue weighted by molar-refractivity contribution is 7.99. The number of hydrogen-bond acceptors (Lipinski definition) is 5. The van der Waals surface area contributed by atoms with E-state index < -0.39 is 11.7 Å². The molecule has 0 aliphatic carbocycles. The number of thioether (sulfide) groups is 1. The average Bonchev–Trinajstić information content (AvgIpc) is 2.44. The predicted molar refractivity (Wildman–Crippen MR) is 92.0 cm³/mol. The Kier molecular flexibility index (Phi) is 7.74. The Labute approximate surface area is 141 Å². The summed E-state index contributed by atoms with van der Waals surface area (Å²) in [5, 5.41) is 15.0. The number of carbonyl (C=O) groups excluding carboxylic acids is 2. The Morgan fingerprint density at radius 3 is 2.35 bits per heavy atom. The lowest BCUT2D eigenvalue weighted by Gasteiger charge is -2.19. The van der Waals surface area contributed by atoms with E-state index in [4.69, 9.17) is 4.74 Å². The number of nitrogens with one attached hydrogen (secondary N) is 2. The Balaban J connectivity index is 2.09. The molecule has 0 radical (unpaired) electrons. The fourth-order valence-corrected chi connectivity index (χ4v) is 2.34. The van der Waals surface area contributed by atoms with Crippen LogP contribution in [0, 0.1) is 0 Å². The molecular formula is C16H24N2O4S. The summed E-state index contributed by atoms with van der Waals surface area (Å²) in [6.45, 7) is 6.44. The van der Waals surface area contributed by atoms with Crippen molar-refractivity contribution in [3.63, 3.8) is 0 Å². The van der Waals surface area contributed by atoms with Crippen LogP contribution < -0.4 is 10.6 Å². The van der Waals surface area contributed by atoms with Crippen molar-refractivity contribution in [3.05, 3.63) is 29.8 Å². The minimum atomic E-state index is -0.496. The first-order chi connectivity index (χ1) is 10.8. The van der Waals surface area contributed by atoms with Gasteiger partial charge in [0.25, 0.3) is 5.91 Å². The molecule has 0 bridgehead atoms. The Morgan fingerprint density at radius 2 is 1.74 bits per heavy atom. The second-order valence-electron chi connectivity index (χ2n) is 5.81. The van der Waals surface area contributed by atoms with Crippen LogP contribution >= 0.6 is 11.8 Å². The summed E-state index contributed by atoms with van der Waals surface area (Å²) in [6, 6.07) is 6.42. The largest absolute Gasteiger partial charge is 0.507 e. The molecule has 0 aliphatic rings. The first kappa shape index (κ1) is 19.2. The molecular weight excluding hydrogens is 316 g/mol. The standard InChI is InChI=1S/C16H24N2O4S/c1-16(2,3)22-15(21)18-9-11-23-10-8-17-14(20)12-6-4-5-7-13(12)19/h4-7,19H,8-11H2,1-3H3,(H,17,20)(H,18,21).